The van der Waals surface area contributed by atoms with Crippen molar-refractivity contribution >= 4 is 37.7 Å². The molecule has 0 unspecified atom stereocenters. The summed E-state index contributed by atoms with van der Waals surface area (Å²) in [6.07, 6.45) is 3.05. The van der Waals surface area contributed by atoms with E-state index in [0.717, 1.165) is 47.8 Å². The number of ether oxygens (including phenoxy) is 1. The topological polar surface area (TPSA) is 87.7 Å². The second-order valence-electron chi connectivity index (χ2n) is 10.7. The fourth-order valence-electron chi connectivity index (χ4n) is 4.50. The van der Waals surface area contributed by atoms with Gasteiger partial charge in [0.1, 0.15) is 11.8 Å². The van der Waals surface area contributed by atoms with Gasteiger partial charge in [0.2, 0.25) is 0 Å². The number of carbonyl (C=O) groups is 1. The highest BCUT2D eigenvalue weighted by Crippen LogP contribution is 2.29. The van der Waals surface area contributed by atoms with Crippen LogP contribution in [0.5, 0.6) is 0 Å². The summed E-state index contributed by atoms with van der Waals surface area (Å²) in [6, 6.07) is 12.3. The van der Waals surface area contributed by atoms with Crippen LogP contribution < -0.4 is 10.0 Å². The number of anilines is 1. The van der Waals surface area contributed by atoms with Gasteiger partial charge in [-0.05, 0) is 107 Å². The first kappa shape index (κ1) is 30.4. The number of rotatable bonds is 6. The zero-order valence-corrected chi connectivity index (χ0v) is 25.0. The lowest BCUT2D eigenvalue weighted by Crippen LogP contribution is -2.46. The van der Waals surface area contributed by atoms with Gasteiger partial charge in [-0.1, -0.05) is 28.9 Å². The highest BCUT2D eigenvalue weighted by molar-refractivity contribution is 9.10. The molecule has 2 aromatic carbocycles. The lowest BCUT2D eigenvalue weighted by Gasteiger charge is -2.36. The Labute approximate surface area is 234 Å². The van der Waals surface area contributed by atoms with Crippen LogP contribution in [0.15, 0.2) is 51.8 Å². The molecule has 0 radical (unpaired) electrons. The molecule has 0 spiro atoms. The molecule has 2 aliphatic rings. The summed E-state index contributed by atoms with van der Waals surface area (Å²) in [5, 5.41) is 2.90. The summed E-state index contributed by atoms with van der Waals surface area (Å²) >= 11 is 3.32. The molecule has 1 aliphatic carbocycles. The molecule has 1 aliphatic heterocycles. The molecule has 1 heterocycles. The van der Waals surface area contributed by atoms with Gasteiger partial charge in [-0.15, -0.1) is 0 Å². The van der Waals surface area contributed by atoms with Crippen LogP contribution in [0.3, 0.4) is 0 Å². The Morgan fingerprint density at radius 2 is 1.87 bits per heavy atom. The van der Waals surface area contributed by atoms with Gasteiger partial charge in [0.25, 0.3) is 10.0 Å². The molecule has 2 N–H and O–H groups in total. The quantitative estimate of drug-likeness (QED) is 0.414. The normalized spacial score (nSPS) is 19.1. The van der Waals surface area contributed by atoms with Gasteiger partial charge in [-0.3, -0.25) is 4.72 Å². The summed E-state index contributed by atoms with van der Waals surface area (Å²) in [4.78, 5) is 14.8. The third-order valence-corrected chi connectivity index (χ3v) is 8.24. The van der Waals surface area contributed by atoms with Gasteiger partial charge in [0.15, 0.2) is 0 Å². The third-order valence-electron chi connectivity index (χ3n) is 6.32. The predicted molar refractivity (Wildman–Crippen MR) is 153 cm³/mol. The van der Waals surface area contributed by atoms with Gasteiger partial charge < -0.3 is 15.0 Å². The number of nitrogens with zero attached hydrogens (tertiary/aromatic N) is 1. The van der Waals surface area contributed by atoms with Crippen molar-refractivity contribution in [1.29, 1.82) is 0 Å². The molecule has 1 saturated heterocycles. The molecule has 0 aromatic heterocycles. The van der Waals surface area contributed by atoms with Crippen LogP contribution in [0.1, 0.15) is 58.1 Å². The molecule has 210 valence electrons. The first-order chi connectivity index (χ1) is 17.9. The SMILES string of the molecule is CCCN(C(=O)OC(C)(C)C)[C@H]1CCc2cc(NS(=O)(=O)c3ccc(Br)cc3)ccc2C1.F[C@@H]1CCNC1. The fraction of sp³-hybridized carbons (Fsp3) is 0.536. The Balaban J connectivity index is 0.000000585. The number of amides is 1. The molecule has 1 amide bonds. The average molecular weight is 613 g/mol. The molecule has 2 aromatic rings. The van der Waals surface area contributed by atoms with E-state index in [4.69, 9.17) is 4.74 Å². The third kappa shape index (κ3) is 8.95. The summed E-state index contributed by atoms with van der Waals surface area (Å²) < 4.78 is 46.4. The van der Waals surface area contributed by atoms with E-state index in [1.165, 1.54) is 0 Å². The van der Waals surface area contributed by atoms with Crippen molar-refractivity contribution in [1.82, 2.24) is 10.2 Å². The Bertz CT molecular complexity index is 1180. The highest BCUT2D eigenvalue weighted by Gasteiger charge is 2.30. The fourth-order valence-corrected chi connectivity index (χ4v) is 5.81. The van der Waals surface area contributed by atoms with Crippen LogP contribution in [0.25, 0.3) is 0 Å². The highest BCUT2D eigenvalue weighted by atomic mass is 79.9. The standard InChI is InChI=1S/C24H31BrN2O4S.C4H8FN/c1-5-14-27(23(28)31-24(2,3)4)21-11-7-17-15-20(10-6-18(17)16-21)26-32(29,30)22-12-8-19(25)9-13-22;5-4-1-2-6-3-4/h6,8-10,12-13,15,21,26H,5,7,11,14,16H2,1-4H3;4,6H,1-3H2/t21-;4-/m01/s1. The Hall–Kier alpha value is -2.17. The van der Waals surface area contributed by atoms with Crippen molar-refractivity contribution < 1.29 is 22.3 Å². The van der Waals surface area contributed by atoms with Crippen LogP contribution in [-0.2, 0) is 27.6 Å². The van der Waals surface area contributed by atoms with E-state index in [2.05, 4.69) is 32.9 Å². The van der Waals surface area contributed by atoms with Crippen molar-refractivity contribution in [2.45, 2.75) is 82.5 Å². The van der Waals surface area contributed by atoms with E-state index in [9.17, 15) is 17.6 Å². The molecule has 2 atom stereocenters. The Morgan fingerprint density at radius 1 is 1.16 bits per heavy atom. The van der Waals surface area contributed by atoms with Crippen molar-refractivity contribution in [2.75, 3.05) is 24.4 Å². The number of halogens is 2. The summed E-state index contributed by atoms with van der Waals surface area (Å²) in [5.41, 5.74) is 2.26. The van der Waals surface area contributed by atoms with Crippen LogP contribution >= 0.6 is 15.9 Å². The van der Waals surface area contributed by atoms with Gasteiger partial charge in [-0.25, -0.2) is 17.6 Å². The molecule has 38 heavy (non-hydrogen) atoms. The predicted octanol–water partition coefficient (Wildman–Crippen LogP) is 6.07. The summed E-state index contributed by atoms with van der Waals surface area (Å²) in [7, 11) is -3.66. The first-order valence-electron chi connectivity index (χ1n) is 13.1. The van der Waals surface area contributed by atoms with E-state index in [-0.39, 0.29) is 17.0 Å². The van der Waals surface area contributed by atoms with E-state index in [0.29, 0.717) is 25.2 Å². The second-order valence-corrected chi connectivity index (χ2v) is 13.3. The molecule has 1 fully saturated rings. The lowest BCUT2D eigenvalue weighted by atomic mass is 9.87. The molecular formula is C28H39BrFN3O4S. The van der Waals surface area contributed by atoms with E-state index >= 15 is 0 Å². The average Bonchev–Trinajstić information content (AvgIpc) is 3.32. The number of hydrogen-bond donors (Lipinski definition) is 2. The minimum atomic E-state index is -3.66. The van der Waals surface area contributed by atoms with Crippen LogP contribution in [0.4, 0.5) is 14.9 Å². The maximum Gasteiger partial charge on any atom is 0.410 e. The molecule has 10 heteroatoms. The van der Waals surface area contributed by atoms with E-state index in [1.54, 1.807) is 30.3 Å². The number of alkyl halides is 1. The molecule has 7 nitrogen and oxygen atoms in total. The number of aryl methyl sites for hydroxylation is 1. The number of carbonyl (C=O) groups excluding carboxylic acids is 1. The summed E-state index contributed by atoms with van der Waals surface area (Å²) in [5.74, 6) is 0. The molecule has 0 saturated carbocycles. The number of fused-ring (bicyclic) bond motifs is 1. The largest absolute Gasteiger partial charge is 0.444 e. The van der Waals surface area contributed by atoms with Gasteiger partial charge in [0, 0.05) is 29.3 Å². The lowest BCUT2D eigenvalue weighted by molar-refractivity contribution is 0.0146. The van der Waals surface area contributed by atoms with Crippen LogP contribution in [-0.4, -0.2) is 56.9 Å². The smallest absolute Gasteiger partial charge is 0.410 e. The van der Waals surface area contributed by atoms with Gasteiger partial charge >= 0.3 is 6.09 Å². The summed E-state index contributed by atoms with van der Waals surface area (Å²) in [6.45, 7) is 9.77. The first-order valence-corrected chi connectivity index (χ1v) is 15.4. The minimum Gasteiger partial charge on any atom is -0.444 e. The number of sulfonamides is 1. The maximum atomic E-state index is 12.8. The van der Waals surface area contributed by atoms with Gasteiger partial charge in [0.05, 0.1) is 4.90 Å². The van der Waals surface area contributed by atoms with Crippen LogP contribution in [0.2, 0.25) is 0 Å². The van der Waals surface area contributed by atoms with Crippen LogP contribution in [0, 0.1) is 0 Å². The van der Waals surface area contributed by atoms with E-state index in [1.807, 2.05) is 37.8 Å². The Morgan fingerprint density at radius 3 is 2.42 bits per heavy atom. The van der Waals surface area contributed by atoms with E-state index < -0.39 is 21.8 Å². The van der Waals surface area contributed by atoms with Crippen molar-refractivity contribution in [3.63, 3.8) is 0 Å². The zero-order valence-electron chi connectivity index (χ0n) is 22.6. The zero-order chi connectivity index (χ0) is 27.9. The maximum absolute atomic E-state index is 12.8. The monoisotopic (exact) mass is 611 g/mol. The van der Waals surface area contributed by atoms with Crippen molar-refractivity contribution in [3.05, 3.63) is 58.1 Å². The second kappa shape index (κ2) is 13.3. The van der Waals surface area contributed by atoms with Crippen molar-refractivity contribution in [3.8, 4) is 0 Å². The number of nitrogens with one attached hydrogen (secondary N) is 2. The van der Waals surface area contributed by atoms with Crippen molar-refractivity contribution in [2.24, 2.45) is 0 Å². The molecule has 0 bridgehead atoms. The Kier molecular flexibility index (Phi) is 10.6. The minimum absolute atomic E-state index is 0.0719. The number of hydrogen-bond acceptors (Lipinski definition) is 5. The number of benzene rings is 2. The molecular weight excluding hydrogens is 573 g/mol. The molecule has 4 rings (SSSR count). The van der Waals surface area contributed by atoms with Gasteiger partial charge in [-0.2, -0.15) is 0 Å².